The van der Waals surface area contributed by atoms with Crippen LogP contribution in [0.2, 0.25) is 0 Å². The standard InChI is InChI=1S/C17H33N3O3/c1-4-18-16(19-12-14(2)15(22)23-3)20-13-17(10-11-21)8-6-5-7-9-17/h14,21H,4-13H2,1-3H3,(H2,18,19,20). The van der Waals surface area contributed by atoms with Gasteiger partial charge in [-0.3, -0.25) is 9.79 Å². The Morgan fingerprint density at radius 3 is 2.57 bits per heavy atom. The van der Waals surface area contributed by atoms with E-state index in [4.69, 9.17) is 9.73 Å². The fraction of sp³-hybridized carbons (Fsp3) is 0.882. The fourth-order valence-corrected chi connectivity index (χ4v) is 3.15. The summed E-state index contributed by atoms with van der Waals surface area (Å²) in [6.07, 6.45) is 6.81. The van der Waals surface area contributed by atoms with Crippen molar-refractivity contribution in [1.29, 1.82) is 0 Å². The lowest BCUT2D eigenvalue weighted by atomic mass is 9.72. The van der Waals surface area contributed by atoms with Gasteiger partial charge >= 0.3 is 5.97 Å². The van der Waals surface area contributed by atoms with Gasteiger partial charge in [-0.25, -0.2) is 0 Å². The molecule has 0 amide bonds. The molecule has 0 spiro atoms. The molecule has 0 saturated heterocycles. The highest BCUT2D eigenvalue weighted by Crippen LogP contribution is 2.39. The molecule has 3 N–H and O–H groups in total. The Hall–Kier alpha value is -1.30. The molecule has 1 unspecified atom stereocenters. The van der Waals surface area contributed by atoms with Crippen LogP contribution in [0.25, 0.3) is 0 Å². The van der Waals surface area contributed by atoms with E-state index < -0.39 is 0 Å². The lowest BCUT2D eigenvalue weighted by Gasteiger charge is -2.35. The van der Waals surface area contributed by atoms with Crippen LogP contribution in [-0.2, 0) is 9.53 Å². The van der Waals surface area contributed by atoms with E-state index in [-0.39, 0.29) is 23.9 Å². The van der Waals surface area contributed by atoms with Gasteiger partial charge in [0, 0.05) is 26.2 Å². The number of aliphatic hydroxyl groups excluding tert-OH is 1. The highest BCUT2D eigenvalue weighted by molar-refractivity contribution is 5.80. The van der Waals surface area contributed by atoms with E-state index in [1.807, 2.05) is 13.8 Å². The topological polar surface area (TPSA) is 83.0 Å². The van der Waals surface area contributed by atoms with Crippen LogP contribution in [0.4, 0.5) is 0 Å². The summed E-state index contributed by atoms with van der Waals surface area (Å²) >= 11 is 0. The molecule has 1 rings (SSSR count). The van der Waals surface area contributed by atoms with E-state index in [9.17, 15) is 9.90 Å². The normalized spacial score (nSPS) is 19.0. The predicted octanol–water partition coefficient (Wildman–Crippen LogP) is 1.68. The second kappa shape index (κ2) is 10.5. The maximum atomic E-state index is 11.5. The van der Waals surface area contributed by atoms with Crippen LogP contribution in [0.3, 0.4) is 0 Å². The SMILES string of the molecule is CCNC(=NCC1(CCO)CCCCC1)NCC(C)C(=O)OC. The summed E-state index contributed by atoms with van der Waals surface area (Å²) in [6.45, 7) is 6.05. The molecule has 23 heavy (non-hydrogen) atoms. The number of methoxy groups -OCH3 is 1. The van der Waals surface area contributed by atoms with Crippen LogP contribution in [-0.4, -0.2) is 50.4 Å². The number of ether oxygens (including phenoxy) is 1. The number of carbonyl (C=O) groups is 1. The molecule has 0 aromatic carbocycles. The first-order valence-corrected chi connectivity index (χ1v) is 8.78. The van der Waals surface area contributed by atoms with E-state index >= 15 is 0 Å². The molecular weight excluding hydrogens is 294 g/mol. The van der Waals surface area contributed by atoms with E-state index in [0.717, 1.165) is 38.3 Å². The minimum atomic E-state index is -0.225. The van der Waals surface area contributed by atoms with Crippen molar-refractivity contribution < 1.29 is 14.6 Å². The van der Waals surface area contributed by atoms with Gasteiger partial charge in [-0.15, -0.1) is 0 Å². The monoisotopic (exact) mass is 327 g/mol. The number of guanidine groups is 1. The molecule has 134 valence electrons. The molecule has 0 bridgehead atoms. The van der Waals surface area contributed by atoms with Crippen molar-refractivity contribution in [2.75, 3.05) is 33.4 Å². The van der Waals surface area contributed by atoms with Gasteiger partial charge in [-0.05, 0) is 31.6 Å². The van der Waals surface area contributed by atoms with Crippen LogP contribution in [0.5, 0.6) is 0 Å². The minimum Gasteiger partial charge on any atom is -0.469 e. The largest absolute Gasteiger partial charge is 0.469 e. The van der Waals surface area contributed by atoms with Gasteiger partial charge in [0.05, 0.1) is 13.0 Å². The minimum absolute atomic E-state index is 0.128. The lowest BCUT2D eigenvalue weighted by molar-refractivity contribution is -0.144. The Balaban J connectivity index is 2.63. The lowest BCUT2D eigenvalue weighted by Crippen LogP contribution is -2.42. The number of aliphatic imine (C=N–C) groups is 1. The third-order valence-corrected chi connectivity index (χ3v) is 4.65. The molecular formula is C17H33N3O3. The first kappa shape index (κ1) is 19.7. The summed E-state index contributed by atoms with van der Waals surface area (Å²) in [5.74, 6) is 0.286. The van der Waals surface area contributed by atoms with E-state index in [1.54, 1.807) is 0 Å². The average Bonchev–Trinajstić information content (AvgIpc) is 2.57. The molecule has 1 aliphatic carbocycles. The smallest absolute Gasteiger partial charge is 0.310 e. The molecule has 6 heteroatoms. The molecule has 0 aliphatic heterocycles. The Morgan fingerprint density at radius 2 is 2.00 bits per heavy atom. The maximum absolute atomic E-state index is 11.5. The number of hydrogen-bond acceptors (Lipinski definition) is 4. The number of nitrogens with zero attached hydrogens (tertiary/aromatic N) is 1. The van der Waals surface area contributed by atoms with Gasteiger partial charge in [-0.1, -0.05) is 26.2 Å². The van der Waals surface area contributed by atoms with Gasteiger partial charge in [0.1, 0.15) is 0 Å². The molecule has 1 aliphatic rings. The first-order valence-electron chi connectivity index (χ1n) is 8.78. The zero-order chi connectivity index (χ0) is 17.1. The molecule has 0 heterocycles. The third-order valence-electron chi connectivity index (χ3n) is 4.65. The molecule has 0 aromatic rings. The predicted molar refractivity (Wildman–Crippen MR) is 92.4 cm³/mol. The quantitative estimate of drug-likeness (QED) is 0.359. The zero-order valence-electron chi connectivity index (χ0n) is 14.9. The summed E-state index contributed by atoms with van der Waals surface area (Å²) in [5, 5.41) is 15.8. The molecule has 6 nitrogen and oxygen atoms in total. The van der Waals surface area contributed by atoms with E-state index in [0.29, 0.717) is 6.54 Å². The van der Waals surface area contributed by atoms with E-state index in [2.05, 4.69) is 10.6 Å². The molecule has 1 saturated carbocycles. The Bertz CT molecular complexity index is 374. The summed E-state index contributed by atoms with van der Waals surface area (Å²) in [5.41, 5.74) is 0.128. The molecule has 0 aromatic heterocycles. The second-order valence-electron chi connectivity index (χ2n) is 6.53. The van der Waals surface area contributed by atoms with Gasteiger partial charge in [0.2, 0.25) is 0 Å². The average molecular weight is 327 g/mol. The van der Waals surface area contributed by atoms with Crippen LogP contribution < -0.4 is 10.6 Å². The van der Waals surface area contributed by atoms with E-state index in [1.165, 1.54) is 26.4 Å². The Kier molecular flexibility index (Phi) is 8.99. The number of nitrogens with one attached hydrogen (secondary N) is 2. The van der Waals surface area contributed by atoms with Gasteiger partial charge < -0.3 is 20.5 Å². The molecule has 1 atom stereocenters. The maximum Gasteiger partial charge on any atom is 0.310 e. The van der Waals surface area contributed by atoms with Crippen molar-refractivity contribution in [1.82, 2.24) is 10.6 Å². The molecule has 1 fully saturated rings. The number of carbonyl (C=O) groups excluding carboxylic acids is 1. The Labute approximate surface area is 140 Å². The number of aliphatic hydroxyl groups is 1. The van der Waals surface area contributed by atoms with Gasteiger partial charge in [0.15, 0.2) is 5.96 Å². The van der Waals surface area contributed by atoms with Crippen LogP contribution >= 0.6 is 0 Å². The number of rotatable bonds is 8. The van der Waals surface area contributed by atoms with Crippen LogP contribution in [0.1, 0.15) is 52.4 Å². The van der Waals surface area contributed by atoms with Crippen molar-refractivity contribution in [2.45, 2.75) is 52.4 Å². The zero-order valence-corrected chi connectivity index (χ0v) is 14.9. The van der Waals surface area contributed by atoms with Crippen molar-refractivity contribution >= 4 is 11.9 Å². The highest BCUT2D eigenvalue weighted by atomic mass is 16.5. The summed E-state index contributed by atoms with van der Waals surface area (Å²) in [4.78, 5) is 16.2. The second-order valence-corrected chi connectivity index (χ2v) is 6.53. The summed E-state index contributed by atoms with van der Waals surface area (Å²) in [6, 6.07) is 0. The number of esters is 1. The van der Waals surface area contributed by atoms with Crippen LogP contribution in [0.15, 0.2) is 4.99 Å². The Morgan fingerprint density at radius 1 is 1.30 bits per heavy atom. The van der Waals surface area contributed by atoms with Crippen molar-refractivity contribution in [3.63, 3.8) is 0 Å². The fourth-order valence-electron chi connectivity index (χ4n) is 3.15. The van der Waals surface area contributed by atoms with Gasteiger partial charge in [0.25, 0.3) is 0 Å². The van der Waals surface area contributed by atoms with Crippen LogP contribution in [0, 0.1) is 11.3 Å². The molecule has 0 radical (unpaired) electrons. The summed E-state index contributed by atoms with van der Waals surface area (Å²) < 4.78 is 4.74. The van der Waals surface area contributed by atoms with Crippen molar-refractivity contribution in [2.24, 2.45) is 16.3 Å². The number of hydrogen-bond donors (Lipinski definition) is 3. The van der Waals surface area contributed by atoms with Crippen molar-refractivity contribution in [3.8, 4) is 0 Å². The summed E-state index contributed by atoms with van der Waals surface area (Å²) in [7, 11) is 1.40. The van der Waals surface area contributed by atoms with Crippen molar-refractivity contribution in [3.05, 3.63) is 0 Å². The van der Waals surface area contributed by atoms with Gasteiger partial charge in [-0.2, -0.15) is 0 Å². The highest BCUT2D eigenvalue weighted by Gasteiger charge is 2.31. The first-order chi connectivity index (χ1) is 11.1. The third kappa shape index (κ3) is 6.77.